The highest BCUT2D eigenvalue weighted by molar-refractivity contribution is 6.31. The van der Waals surface area contributed by atoms with Crippen LogP contribution >= 0.6 is 11.6 Å². The van der Waals surface area contributed by atoms with E-state index in [4.69, 9.17) is 16.3 Å². The predicted molar refractivity (Wildman–Crippen MR) is 117 cm³/mol. The Morgan fingerprint density at radius 2 is 1.77 bits per heavy atom. The number of methoxy groups -OCH3 is 1. The number of aliphatic hydroxyl groups is 1. The second kappa shape index (κ2) is 8.49. The van der Waals surface area contributed by atoms with Crippen LogP contribution in [-0.4, -0.2) is 36.8 Å². The monoisotopic (exact) mass is 453 g/mol. The lowest BCUT2D eigenvalue weighted by Gasteiger charge is -2.54. The fourth-order valence-corrected chi connectivity index (χ4v) is 4.64. The van der Waals surface area contributed by atoms with Crippen LogP contribution in [0, 0.1) is 0 Å². The van der Waals surface area contributed by atoms with Gasteiger partial charge in [0, 0.05) is 0 Å². The van der Waals surface area contributed by atoms with Gasteiger partial charge in [-0.25, -0.2) is 0 Å². The van der Waals surface area contributed by atoms with Crippen molar-refractivity contribution in [1.82, 2.24) is 4.90 Å². The van der Waals surface area contributed by atoms with Gasteiger partial charge in [0.15, 0.2) is 0 Å². The first-order valence-electron chi connectivity index (χ1n) is 10.1. The van der Waals surface area contributed by atoms with Crippen LogP contribution in [0.3, 0.4) is 0 Å². The molecule has 0 aliphatic heterocycles. The number of hydrogen-bond donors (Lipinski definition) is 1. The normalized spacial score (nSPS) is 25.8. The molecule has 1 N–H and O–H groups in total. The zero-order chi connectivity index (χ0) is 23.0. The van der Waals surface area contributed by atoms with Crippen LogP contribution in [0.5, 0.6) is 5.75 Å². The molecule has 1 saturated carbocycles. The molecule has 2 unspecified atom stereocenters. The molecule has 0 bridgehead atoms. The third kappa shape index (κ3) is 4.21. The molecular weight excluding hydrogens is 427 g/mol. The molecule has 0 radical (unpaired) electrons. The van der Waals surface area contributed by atoms with Crippen molar-refractivity contribution in [2.45, 2.75) is 43.5 Å². The summed E-state index contributed by atoms with van der Waals surface area (Å²) in [7, 11) is 5.25. The van der Waals surface area contributed by atoms with E-state index in [9.17, 15) is 18.3 Å². The summed E-state index contributed by atoms with van der Waals surface area (Å²) < 4.78 is 45.9. The van der Waals surface area contributed by atoms with Crippen LogP contribution in [-0.2, 0) is 11.8 Å². The SMILES string of the molecule is COc1ccc(C=C2CCCC(C)(N(C)C)C2(O)c2ccc(Cl)c(C(F)(F)F)c2)cc1. The number of rotatable bonds is 4. The predicted octanol–water partition coefficient (Wildman–Crippen LogP) is 6.14. The maximum atomic E-state index is 13.6. The molecule has 1 aliphatic rings. The first-order chi connectivity index (χ1) is 14.4. The highest BCUT2D eigenvalue weighted by Gasteiger charge is 2.54. The van der Waals surface area contributed by atoms with E-state index in [2.05, 4.69) is 0 Å². The standard InChI is InChI=1S/C24H27ClF3NO2/c1-22(29(2)3)13-5-6-17(14-16-7-10-19(31-4)11-8-16)23(22,30)18-9-12-21(25)20(15-18)24(26,27)28/h7-12,14-15,30H,5-6,13H2,1-4H3. The van der Waals surface area contributed by atoms with E-state index in [0.717, 1.165) is 18.1 Å². The minimum atomic E-state index is -4.62. The van der Waals surface area contributed by atoms with E-state index in [1.54, 1.807) is 7.11 Å². The smallest absolute Gasteiger partial charge is 0.417 e. The van der Waals surface area contributed by atoms with Crippen LogP contribution in [0.25, 0.3) is 6.08 Å². The summed E-state index contributed by atoms with van der Waals surface area (Å²) in [6.45, 7) is 1.88. The molecule has 7 heteroatoms. The lowest BCUT2D eigenvalue weighted by Crippen LogP contribution is -2.61. The molecule has 31 heavy (non-hydrogen) atoms. The average molecular weight is 454 g/mol. The Kier molecular flexibility index (Phi) is 6.47. The molecule has 0 aromatic heterocycles. The van der Waals surface area contributed by atoms with Crippen LogP contribution < -0.4 is 4.74 Å². The first kappa shape index (κ1) is 23.6. The first-order valence-corrected chi connectivity index (χ1v) is 10.4. The Bertz CT molecular complexity index is 972. The molecule has 2 aromatic carbocycles. The minimum Gasteiger partial charge on any atom is -0.497 e. The van der Waals surface area contributed by atoms with E-state index in [1.165, 1.54) is 12.1 Å². The minimum absolute atomic E-state index is 0.180. The number of alkyl halides is 3. The number of nitrogens with zero attached hydrogens (tertiary/aromatic N) is 1. The van der Waals surface area contributed by atoms with Gasteiger partial charge in [0.25, 0.3) is 0 Å². The summed E-state index contributed by atoms with van der Waals surface area (Å²) in [4.78, 5) is 1.88. The van der Waals surface area contributed by atoms with Gasteiger partial charge in [-0.15, -0.1) is 0 Å². The molecule has 3 nitrogen and oxygen atoms in total. The molecule has 2 atom stereocenters. The lowest BCUT2D eigenvalue weighted by atomic mass is 9.63. The second-order valence-corrected chi connectivity index (χ2v) is 8.77. The number of halogens is 4. The molecule has 3 rings (SSSR count). The van der Waals surface area contributed by atoms with Crippen molar-refractivity contribution in [2.75, 3.05) is 21.2 Å². The maximum Gasteiger partial charge on any atom is 0.417 e. The molecule has 1 fully saturated rings. The van der Waals surface area contributed by atoms with E-state index in [-0.39, 0.29) is 10.6 Å². The maximum absolute atomic E-state index is 13.6. The van der Waals surface area contributed by atoms with Gasteiger partial charge in [0.2, 0.25) is 0 Å². The molecule has 1 aliphatic carbocycles. The van der Waals surface area contributed by atoms with Crippen LogP contribution in [0.15, 0.2) is 48.0 Å². The number of ether oxygens (including phenoxy) is 1. The van der Waals surface area contributed by atoms with Crippen LogP contribution in [0.1, 0.15) is 42.9 Å². The lowest BCUT2D eigenvalue weighted by molar-refractivity contribution is -0.138. The van der Waals surface area contributed by atoms with Gasteiger partial charge in [0.1, 0.15) is 11.4 Å². The zero-order valence-corrected chi connectivity index (χ0v) is 18.8. The third-order valence-corrected chi connectivity index (χ3v) is 6.82. The molecule has 0 saturated heterocycles. The zero-order valence-electron chi connectivity index (χ0n) is 18.1. The van der Waals surface area contributed by atoms with Gasteiger partial charge in [-0.1, -0.05) is 35.9 Å². The van der Waals surface area contributed by atoms with E-state index >= 15 is 0 Å². The molecule has 0 amide bonds. The molecule has 2 aromatic rings. The van der Waals surface area contributed by atoms with Gasteiger partial charge in [-0.2, -0.15) is 13.2 Å². The van der Waals surface area contributed by atoms with E-state index in [0.29, 0.717) is 24.2 Å². The van der Waals surface area contributed by atoms with Crippen molar-refractivity contribution in [3.63, 3.8) is 0 Å². The van der Waals surface area contributed by atoms with Crippen molar-refractivity contribution >= 4 is 17.7 Å². The fraction of sp³-hybridized carbons (Fsp3) is 0.417. The number of hydrogen-bond acceptors (Lipinski definition) is 3. The highest BCUT2D eigenvalue weighted by atomic mass is 35.5. The molecule has 168 valence electrons. The topological polar surface area (TPSA) is 32.7 Å². The van der Waals surface area contributed by atoms with Gasteiger partial charge < -0.3 is 14.7 Å². The summed E-state index contributed by atoms with van der Waals surface area (Å²) in [5, 5.41) is 11.8. The van der Waals surface area contributed by atoms with Crippen LogP contribution in [0.4, 0.5) is 13.2 Å². The Balaban J connectivity index is 2.23. The summed E-state index contributed by atoms with van der Waals surface area (Å²) >= 11 is 5.85. The van der Waals surface area contributed by atoms with Gasteiger partial charge in [-0.3, -0.25) is 0 Å². The number of likely N-dealkylation sites (N-methyl/N-ethyl adjacent to an activating group) is 1. The Hall–Kier alpha value is -2.02. The Labute approximate surface area is 186 Å². The summed E-state index contributed by atoms with van der Waals surface area (Å²) in [6, 6.07) is 11.0. The fourth-order valence-electron chi connectivity index (χ4n) is 4.42. The molecular formula is C24H27ClF3NO2. The number of benzene rings is 2. The Morgan fingerprint density at radius 1 is 1.13 bits per heavy atom. The molecule has 0 heterocycles. The summed E-state index contributed by atoms with van der Waals surface area (Å²) in [6.07, 6.45) is -0.760. The van der Waals surface area contributed by atoms with Crippen LogP contribution in [0.2, 0.25) is 5.02 Å². The molecule has 0 spiro atoms. The Morgan fingerprint density at radius 3 is 2.32 bits per heavy atom. The largest absolute Gasteiger partial charge is 0.497 e. The second-order valence-electron chi connectivity index (χ2n) is 8.37. The summed E-state index contributed by atoms with van der Waals surface area (Å²) in [5.41, 5.74) is -1.73. The van der Waals surface area contributed by atoms with Gasteiger partial charge in [0.05, 0.1) is 23.2 Å². The van der Waals surface area contributed by atoms with Crippen molar-refractivity contribution < 1.29 is 23.0 Å². The highest BCUT2D eigenvalue weighted by Crippen LogP contribution is 2.52. The van der Waals surface area contributed by atoms with Gasteiger partial charge >= 0.3 is 6.18 Å². The third-order valence-electron chi connectivity index (χ3n) is 6.49. The van der Waals surface area contributed by atoms with Crippen molar-refractivity contribution in [3.05, 3.63) is 69.8 Å². The van der Waals surface area contributed by atoms with Crippen molar-refractivity contribution in [3.8, 4) is 5.75 Å². The van der Waals surface area contributed by atoms with Gasteiger partial charge in [-0.05, 0) is 81.2 Å². The van der Waals surface area contributed by atoms with E-state index < -0.39 is 22.9 Å². The van der Waals surface area contributed by atoms with Crippen molar-refractivity contribution in [1.29, 1.82) is 0 Å². The summed E-state index contributed by atoms with van der Waals surface area (Å²) in [5.74, 6) is 0.701. The van der Waals surface area contributed by atoms with E-state index in [1.807, 2.05) is 56.3 Å². The van der Waals surface area contributed by atoms with Crippen molar-refractivity contribution in [2.24, 2.45) is 0 Å². The average Bonchev–Trinajstić information content (AvgIpc) is 2.71. The quantitative estimate of drug-likeness (QED) is 0.603.